The molecular weight excluding hydrogens is 675 g/mol. The van der Waals surface area contributed by atoms with Crippen LogP contribution in [0.4, 0.5) is 0 Å². The fraction of sp³-hybridized carbons (Fsp3) is 0.814. The van der Waals surface area contributed by atoms with Crippen molar-refractivity contribution in [3.8, 4) is 0 Å². The van der Waals surface area contributed by atoms with Gasteiger partial charge in [-0.05, 0) is 64.2 Å². The maximum Gasteiger partial charge on any atom is 0.469 e. The van der Waals surface area contributed by atoms with E-state index in [2.05, 4.69) is 54.8 Å². The minimum absolute atomic E-state index is 0.193. The fourth-order valence-corrected chi connectivity index (χ4v) is 6.26. The quantitative estimate of drug-likeness (QED) is 0.0275. The van der Waals surface area contributed by atoms with Gasteiger partial charge in [0.25, 0.3) is 0 Å². The van der Waals surface area contributed by atoms with Crippen molar-refractivity contribution in [1.82, 2.24) is 0 Å². The Hall–Kier alpha value is -1.73. The monoisotopic (exact) mass is 755 g/mol. The maximum absolute atomic E-state index is 12.3. The Morgan fingerprint density at radius 2 is 0.865 bits per heavy atom. The standard InChI is InChI=1S/C43H79O8P/c1-3-5-7-9-11-13-15-16-17-18-19-20-21-22-23-24-25-26-28-29-31-33-35-37-42(44)49-39-41(40-50-52(46,47)48)51-43(45)38-36-34-32-30-27-14-12-10-8-6-4-2/h10,12,24-25,29,31,41H,3-9,11,13-23,26-28,30,32-40H2,1-2H3,(H2,46,47,48)/b12-10+,25-24+,31-29+/t41-/m1/s1. The summed E-state index contributed by atoms with van der Waals surface area (Å²) in [6.45, 7) is 3.61. The van der Waals surface area contributed by atoms with Crippen molar-refractivity contribution >= 4 is 19.8 Å². The van der Waals surface area contributed by atoms with Crippen molar-refractivity contribution in [2.45, 2.75) is 213 Å². The molecule has 0 heterocycles. The van der Waals surface area contributed by atoms with Gasteiger partial charge >= 0.3 is 19.8 Å². The molecule has 0 aromatic heterocycles. The molecule has 0 spiro atoms. The van der Waals surface area contributed by atoms with E-state index in [9.17, 15) is 14.2 Å². The van der Waals surface area contributed by atoms with Gasteiger partial charge in [-0.25, -0.2) is 4.57 Å². The van der Waals surface area contributed by atoms with Crippen LogP contribution in [0, 0.1) is 0 Å². The number of unbranched alkanes of at least 4 members (excludes halogenated alkanes) is 23. The van der Waals surface area contributed by atoms with Crippen molar-refractivity contribution in [3.05, 3.63) is 36.5 Å². The molecule has 0 aliphatic heterocycles. The molecule has 0 fully saturated rings. The normalized spacial score (nSPS) is 12.8. The highest BCUT2D eigenvalue weighted by molar-refractivity contribution is 7.46. The third kappa shape index (κ3) is 41.0. The fourth-order valence-electron chi connectivity index (χ4n) is 5.90. The molecule has 9 heteroatoms. The van der Waals surface area contributed by atoms with Gasteiger partial charge < -0.3 is 19.3 Å². The SMILES string of the molecule is CCCC/C=C/CCCCCCCC(=O)O[C@H](COC(=O)CCC/C=C/CC/C=C/CCCCCCCCCCCCCCCC)COP(=O)(O)O. The molecule has 2 N–H and O–H groups in total. The zero-order valence-electron chi connectivity index (χ0n) is 33.5. The van der Waals surface area contributed by atoms with Gasteiger partial charge in [0.05, 0.1) is 6.61 Å². The summed E-state index contributed by atoms with van der Waals surface area (Å²) in [5.41, 5.74) is 0. The lowest BCUT2D eigenvalue weighted by atomic mass is 10.0. The number of hydrogen-bond acceptors (Lipinski definition) is 6. The molecule has 1 atom stereocenters. The molecule has 0 unspecified atom stereocenters. The topological polar surface area (TPSA) is 119 Å². The van der Waals surface area contributed by atoms with E-state index in [4.69, 9.17) is 19.3 Å². The number of phosphoric ester groups is 1. The van der Waals surface area contributed by atoms with Crippen molar-refractivity contribution in [2.24, 2.45) is 0 Å². The molecule has 0 aliphatic rings. The minimum Gasteiger partial charge on any atom is -0.462 e. The second kappa shape index (κ2) is 39.0. The van der Waals surface area contributed by atoms with Crippen LogP contribution in [0.15, 0.2) is 36.5 Å². The first-order valence-corrected chi connectivity index (χ1v) is 22.8. The molecule has 0 amide bonds. The summed E-state index contributed by atoms with van der Waals surface area (Å²) in [5.74, 6) is -0.943. The van der Waals surface area contributed by atoms with Gasteiger partial charge in [0, 0.05) is 12.8 Å². The molecule has 0 radical (unpaired) electrons. The van der Waals surface area contributed by atoms with Crippen LogP contribution in [0.5, 0.6) is 0 Å². The van der Waals surface area contributed by atoms with E-state index in [1.54, 1.807) is 0 Å². The van der Waals surface area contributed by atoms with Crippen molar-refractivity contribution in [1.29, 1.82) is 0 Å². The average molecular weight is 755 g/mol. The summed E-state index contributed by atoms with van der Waals surface area (Å²) in [6.07, 6.45) is 46.1. The highest BCUT2D eigenvalue weighted by Crippen LogP contribution is 2.36. The van der Waals surface area contributed by atoms with Crippen LogP contribution in [-0.2, 0) is 28.2 Å². The largest absolute Gasteiger partial charge is 0.469 e. The van der Waals surface area contributed by atoms with E-state index >= 15 is 0 Å². The molecule has 0 bridgehead atoms. The third-order valence-corrected chi connectivity index (χ3v) is 9.59. The number of allylic oxidation sites excluding steroid dienone is 6. The van der Waals surface area contributed by atoms with Gasteiger partial charge in [0.15, 0.2) is 6.10 Å². The first-order valence-electron chi connectivity index (χ1n) is 21.3. The van der Waals surface area contributed by atoms with Crippen LogP contribution >= 0.6 is 7.82 Å². The Labute approximate surface area is 319 Å². The van der Waals surface area contributed by atoms with Crippen LogP contribution < -0.4 is 0 Å². The van der Waals surface area contributed by atoms with Crippen LogP contribution in [0.3, 0.4) is 0 Å². The average Bonchev–Trinajstić information content (AvgIpc) is 3.11. The first kappa shape index (κ1) is 50.3. The third-order valence-electron chi connectivity index (χ3n) is 9.11. The van der Waals surface area contributed by atoms with E-state index in [0.717, 1.165) is 64.2 Å². The van der Waals surface area contributed by atoms with Crippen molar-refractivity contribution < 1.29 is 37.9 Å². The predicted molar refractivity (Wildman–Crippen MR) is 216 cm³/mol. The number of carbonyl (C=O) groups is 2. The van der Waals surface area contributed by atoms with E-state index in [0.29, 0.717) is 12.8 Å². The Morgan fingerprint density at radius 3 is 1.35 bits per heavy atom. The molecule has 0 aliphatic carbocycles. The molecule has 0 saturated heterocycles. The number of carbonyl (C=O) groups excluding carboxylic acids is 2. The zero-order chi connectivity index (χ0) is 38.2. The number of ether oxygens (including phenoxy) is 2. The van der Waals surface area contributed by atoms with Gasteiger partial charge in [-0.15, -0.1) is 0 Å². The Balaban J connectivity index is 3.89. The lowest BCUT2D eigenvalue weighted by Gasteiger charge is -2.18. The number of phosphoric acid groups is 1. The van der Waals surface area contributed by atoms with Crippen LogP contribution in [-0.4, -0.2) is 41.0 Å². The number of hydrogen-bond donors (Lipinski definition) is 2. The van der Waals surface area contributed by atoms with Gasteiger partial charge in [-0.3, -0.25) is 14.1 Å². The second-order valence-corrected chi connectivity index (χ2v) is 15.5. The Bertz CT molecular complexity index is 941. The van der Waals surface area contributed by atoms with Crippen molar-refractivity contribution in [3.63, 3.8) is 0 Å². The van der Waals surface area contributed by atoms with Crippen LogP contribution in [0.2, 0.25) is 0 Å². The summed E-state index contributed by atoms with van der Waals surface area (Å²) < 4.78 is 26.3. The molecule has 0 rings (SSSR count). The molecule has 52 heavy (non-hydrogen) atoms. The summed E-state index contributed by atoms with van der Waals surface area (Å²) in [5, 5.41) is 0. The van der Waals surface area contributed by atoms with Crippen LogP contribution in [0.25, 0.3) is 0 Å². The zero-order valence-corrected chi connectivity index (χ0v) is 34.4. The van der Waals surface area contributed by atoms with E-state index < -0.39 is 32.5 Å². The number of esters is 2. The van der Waals surface area contributed by atoms with Crippen molar-refractivity contribution in [2.75, 3.05) is 13.2 Å². The summed E-state index contributed by atoms with van der Waals surface area (Å²) in [4.78, 5) is 42.7. The van der Waals surface area contributed by atoms with Gasteiger partial charge in [0.1, 0.15) is 6.61 Å². The minimum atomic E-state index is -4.76. The second-order valence-electron chi connectivity index (χ2n) is 14.3. The highest BCUT2D eigenvalue weighted by Gasteiger charge is 2.22. The molecule has 8 nitrogen and oxygen atoms in total. The first-order chi connectivity index (χ1) is 25.3. The lowest BCUT2D eigenvalue weighted by molar-refractivity contribution is -0.161. The summed E-state index contributed by atoms with van der Waals surface area (Å²) in [7, 11) is -4.76. The Kier molecular flexibility index (Phi) is 37.7. The van der Waals surface area contributed by atoms with Crippen LogP contribution in [0.1, 0.15) is 206 Å². The van der Waals surface area contributed by atoms with E-state index in [1.807, 2.05) is 0 Å². The summed E-state index contributed by atoms with van der Waals surface area (Å²) >= 11 is 0. The Morgan fingerprint density at radius 1 is 0.481 bits per heavy atom. The molecule has 0 aromatic rings. The molecule has 304 valence electrons. The molecule has 0 aromatic carbocycles. The summed E-state index contributed by atoms with van der Waals surface area (Å²) in [6, 6.07) is 0. The molecular formula is C43H79O8P. The van der Waals surface area contributed by atoms with E-state index in [-0.39, 0.29) is 19.4 Å². The highest BCUT2D eigenvalue weighted by atomic mass is 31.2. The predicted octanol–water partition coefficient (Wildman–Crippen LogP) is 13.0. The lowest BCUT2D eigenvalue weighted by Crippen LogP contribution is -2.29. The van der Waals surface area contributed by atoms with Gasteiger partial charge in [-0.1, -0.05) is 166 Å². The van der Waals surface area contributed by atoms with Gasteiger partial charge in [-0.2, -0.15) is 0 Å². The van der Waals surface area contributed by atoms with Gasteiger partial charge in [0.2, 0.25) is 0 Å². The number of rotatable bonds is 39. The molecule has 0 saturated carbocycles. The van der Waals surface area contributed by atoms with E-state index in [1.165, 1.54) is 103 Å². The smallest absolute Gasteiger partial charge is 0.462 e. The maximum atomic E-state index is 12.3.